The highest BCUT2D eigenvalue weighted by Gasteiger charge is 2.39. The van der Waals surface area contributed by atoms with Gasteiger partial charge >= 0.3 is 0 Å². The quantitative estimate of drug-likeness (QED) is 0.854. The van der Waals surface area contributed by atoms with E-state index in [2.05, 4.69) is 9.88 Å². The predicted octanol–water partition coefficient (Wildman–Crippen LogP) is 1.95. The molecule has 0 spiro atoms. The van der Waals surface area contributed by atoms with Crippen LogP contribution in [0, 0.1) is 17.8 Å². The first-order chi connectivity index (χ1) is 9.79. The number of likely N-dealkylation sites (tertiary alicyclic amines) is 2. The fourth-order valence-corrected chi connectivity index (χ4v) is 4.27. The zero-order valence-electron chi connectivity index (χ0n) is 11.7. The third-order valence-corrected chi connectivity index (χ3v) is 5.62. The zero-order valence-corrected chi connectivity index (χ0v) is 12.5. The van der Waals surface area contributed by atoms with Crippen molar-refractivity contribution in [2.24, 2.45) is 17.8 Å². The lowest BCUT2D eigenvalue weighted by Gasteiger charge is -2.34. The van der Waals surface area contributed by atoms with E-state index < -0.39 is 0 Å². The highest BCUT2D eigenvalue weighted by atomic mass is 32.1. The maximum Gasteiger partial charge on any atom is 0.273 e. The second-order valence-corrected chi connectivity index (χ2v) is 7.31. The summed E-state index contributed by atoms with van der Waals surface area (Å²) in [4.78, 5) is 21.2. The van der Waals surface area contributed by atoms with Crippen molar-refractivity contribution in [2.45, 2.75) is 19.3 Å². The molecule has 1 aromatic heterocycles. The molecule has 0 N–H and O–H groups in total. The molecular weight excluding hydrogens is 270 g/mol. The summed E-state index contributed by atoms with van der Waals surface area (Å²) >= 11 is 1.50. The van der Waals surface area contributed by atoms with E-state index in [1.54, 1.807) is 5.51 Å². The Morgan fingerprint density at radius 3 is 2.85 bits per heavy atom. The van der Waals surface area contributed by atoms with Crippen LogP contribution in [0.1, 0.15) is 29.8 Å². The highest BCUT2D eigenvalue weighted by Crippen LogP contribution is 2.36. The van der Waals surface area contributed by atoms with Gasteiger partial charge < -0.3 is 9.80 Å². The van der Waals surface area contributed by atoms with Gasteiger partial charge in [-0.2, -0.15) is 0 Å². The Morgan fingerprint density at radius 2 is 2.10 bits per heavy atom. The van der Waals surface area contributed by atoms with Crippen LogP contribution < -0.4 is 0 Å². The molecule has 3 aliphatic rings. The molecule has 108 valence electrons. The number of carbonyl (C=O) groups is 1. The molecular formula is C15H21N3OS. The lowest BCUT2D eigenvalue weighted by Crippen LogP contribution is -2.43. The Bertz CT molecular complexity index is 485. The Kier molecular flexibility index (Phi) is 3.27. The standard InChI is InChI=1S/C15H21N3OS/c19-15(14-9-20-10-16-14)18-4-3-12-6-17(5-11-1-2-11)7-13(12)8-18/h9-13H,1-8H2/t12-,13-/m1/s1. The number of hydrogen-bond donors (Lipinski definition) is 0. The molecule has 1 amide bonds. The SMILES string of the molecule is O=C(c1cscn1)N1CC[C@@H]2CN(CC3CC3)C[C@@H]2C1. The molecule has 5 heteroatoms. The molecule has 2 aliphatic heterocycles. The van der Waals surface area contributed by atoms with Crippen molar-refractivity contribution in [1.82, 2.24) is 14.8 Å². The molecule has 0 unspecified atom stereocenters. The third-order valence-electron chi connectivity index (χ3n) is 5.03. The molecule has 0 radical (unpaired) electrons. The van der Waals surface area contributed by atoms with E-state index in [-0.39, 0.29) is 5.91 Å². The summed E-state index contributed by atoms with van der Waals surface area (Å²) in [6.45, 7) is 5.60. The molecule has 4 nitrogen and oxygen atoms in total. The minimum atomic E-state index is 0.130. The van der Waals surface area contributed by atoms with E-state index in [1.165, 1.54) is 50.2 Å². The molecule has 0 aromatic carbocycles. The molecule has 1 aliphatic carbocycles. The Hall–Kier alpha value is -0.940. The number of fused-ring (bicyclic) bond motifs is 1. The van der Waals surface area contributed by atoms with Crippen LogP contribution in [0.25, 0.3) is 0 Å². The van der Waals surface area contributed by atoms with Gasteiger partial charge in [0, 0.05) is 38.1 Å². The number of piperidine rings is 1. The predicted molar refractivity (Wildman–Crippen MR) is 78.8 cm³/mol. The fourth-order valence-electron chi connectivity index (χ4n) is 3.75. The number of hydrogen-bond acceptors (Lipinski definition) is 4. The molecule has 20 heavy (non-hydrogen) atoms. The number of carbonyl (C=O) groups excluding carboxylic acids is 1. The van der Waals surface area contributed by atoms with E-state index >= 15 is 0 Å². The first-order valence-electron chi connectivity index (χ1n) is 7.69. The van der Waals surface area contributed by atoms with E-state index in [0.717, 1.165) is 24.9 Å². The summed E-state index contributed by atoms with van der Waals surface area (Å²) < 4.78 is 0. The van der Waals surface area contributed by atoms with Crippen LogP contribution in [0.2, 0.25) is 0 Å². The van der Waals surface area contributed by atoms with Gasteiger partial charge in [-0.1, -0.05) is 0 Å². The van der Waals surface area contributed by atoms with Crippen LogP contribution in [0.3, 0.4) is 0 Å². The molecule has 2 atom stereocenters. The summed E-state index contributed by atoms with van der Waals surface area (Å²) in [5.74, 6) is 2.60. The van der Waals surface area contributed by atoms with Crippen LogP contribution in [0.5, 0.6) is 0 Å². The van der Waals surface area contributed by atoms with E-state index in [1.807, 2.05) is 10.3 Å². The number of amides is 1. The summed E-state index contributed by atoms with van der Waals surface area (Å²) in [6, 6.07) is 0. The van der Waals surface area contributed by atoms with Crippen molar-refractivity contribution >= 4 is 17.2 Å². The van der Waals surface area contributed by atoms with Crippen molar-refractivity contribution in [1.29, 1.82) is 0 Å². The molecule has 0 bridgehead atoms. The van der Waals surface area contributed by atoms with Crippen molar-refractivity contribution < 1.29 is 4.79 Å². The molecule has 3 fully saturated rings. The molecule has 2 saturated heterocycles. The Balaban J connectivity index is 1.38. The van der Waals surface area contributed by atoms with Gasteiger partial charge in [0.1, 0.15) is 5.69 Å². The van der Waals surface area contributed by atoms with Crippen LogP contribution in [-0.4, -0.2) is 53.4 Å². The van der Waals surface area contributed by atoms with Gasteiger partial charge in [-0.05, 0) is 37.0 Å². The first kappa shape index (κ1) is 12.8. The smallest absolute Gasteiger partial charge is 0.273 e. The number of nitrogens with zero attached hydrogens (tertiary/aromatic N) is 3. The van der Waals surface area contributed by atoms with Crippen LogP contribution in [0.15, 0.2) is 10.9 Å². The largest absolute Gasteiger partial charge is 0.337 e. The van der Waals surface area contributed by atoms with Crippen molar-refractivity contribution in [2.75, 3.05) is 32.7 Å². The summed E-state index contributed by atoms with van der Waals surface area (Å²) in [7, 11) is 0. The van der Waals surface area contributed by atoms with Crippen LogP contribution in [-0.2, 0) is 0 Å². The van der Waals surface area contributed by atoms with Crippen molar-refractivity contribution in [3.63, 3.8) is 0 Å². The minimum absolute atomic E-state index is 0.130. The van der Waals surface area contributed by atoms with E-state index in [4.69, 9.17) is 0 Å². The van der Waals surface area contributed by atoms with Gasteiger partial charge in [-0.25, -0.2) is 4.98 Å². The molecule has 1 aromatic rings. The fraction of sp³-hybridized carbons (Fsp3) is 0.733. The first-order valence-corrected chi connectivity index (χ1v) is 8.63. The van der Waals surface area contributed by atoms with E-state index in [9.17, 15) is 4.79 Å². The lowest BCUT2D eigenvalue weighted by molar-refractivity contribution is 0.0637. The Morgan fingerprint density at radius 1 is 1.25 bits per heavy atom. The van der Waals surface area contributed by atoms with Crippen molar-refractivity contribution in [3.05, 3.63) is 16.6 Å². The summed E-state index contributed by atoms with van der Waals surface area (Å²) in [6.07, 6.45) is 4.03. The molecule has 1 saturated carbocycles. The topological polar surface area (TPSA) is 36.4 Å². The summed E-state index contributed by atoms with van der Waals surface area (Å²) in [5, 5.41) is 1.86. The van der Waals surface area contributed by atoms with Gasteiger partial charge in [0.05, 0.1) is 5.51 Å². The third kappa shape index (κ3) is 2.49. The van der Waals surface area contributed by atoms with Gasteiger partial charge in [0.2, 0.25) is 0 Å². The molecule has 4 rings (SSSR count). The second-order valence-electron chi connectivity index (χ2n) is 6.60. The maximum atomic E-state index is 12.4. The molecule has 3 heterocycles. The van der Waals surface area contributed by atoms with Crippen LogP contribution >= 0.6 is 11.3 Å². The van der Waals surface area contributed by atoms with Gasteiger partial charge in [-0.3, -0.25) is 4.79 Å². The minimum Gasteiger partial charge on any atom is -0.337 e. The Labute approximate surface area is 123 Å². The zero-order chi connectivity index (χ0) is 13.5. The lowest BCUT2D eigenvalue weighted by atomic mass is 9.88. The van der Waals surface area contributed by atoms with E-state index in [0.29, 0.717) is 11.6 Å². The van der Waals surface area contributed by atoms with Crippen LogP contribution in [0.4, 0.5) is 0 Å². The normalized spacial score (nSPS) is 30.5. The monoisotopic (exact) mass is 291 g/mol. The maximum absolute atomic E-state index is 12.4. The average Bonchev–Trinajstić information content (AvgIpc) is 2.96. The second kappa shape index (κ2) is 5.11. The van der Waals surface area contributed by atoms with Gasteiger partial charge in [0.25, 0.3) is 5.91 Å². The van der Waals surface area contributed by atoms with Gasteiger partial charge in [-0.15, -0.1) is 11.3 Å². The number of aromatic nitrogens is 1. The van der Waals surface area contributed by atoms with Crippen molar-refractivity contribution in [3.8, 4) is 0 Å². The van der Waals surface area contributed by atoms with Gasteiger partial charge in [0.15, 0.2) is 0 Å². The average molecular weight is 291 g/mol. The highest BCUT2D eigenvalue weighted by molar-refractivity contribution is 7.07. The summed E-state index contributed by atoms with van der Waals surface area (Å²) in [5.41, 5.74) is 2.37. The number of rotatable bonds is 3. The number of thiazole rings is 1.